The number of hydrogen-bond donors (Lipinski definition) is 0. The minimum absolute atomic E-state index is 0.103. The lowest BCUT2D eigenvalue weighted by Gasteiger charge is -2.36. The number of sulfone groups is 1. The van der Waals surface area contributed by atoms with Crippen LogP contribution in [0.4, 0.5) is 0 Å². The molecule has 0 bridgehead atoms. The van der Waals surface area contributed by atoms with Gasteiger partial charge in [0.25, 0.3) is 0 Å². The van der Waals surface area contributed by atoms with Crippen molar-refractivity contribution < 1.29 is 13.2 Å². The molecule has 2 unspecified atom stereocenters. The van der Waals surface area contributed by atoms with E-state index in [-0.39, 0.29) is 17.7 Å². The average Bonchev–Trinajstić information content (AvgIpc) is 2.87. The molecule has 2 saturated heterocycles. The third-order valence-electron chi connectivity index (χ3n) is 5.16. The van der Waals surface area contributed by atoms with Crippen molar-refractivity contribution in [1.82, 2.24) is 9.80 Å². The summed E-state index contributed by atoms with van der Waals surface area (Å²) >= 11 is 0. The Balaban J connectivity index is 1.86. The first-order chi connectivity index (χ1) is 10.5. The van der Waals surface area contributed by atoms with Gasteiger partial charge in [-0.15, -0.1) is 0 Å². The zero-order valence-electron chi connectivity index (χ0n) is 14.0. The van der Waals surface area contributed by atoms with Crippen LogP contribution in [-0.4, -0.2) is 67.3 Å². The van der Waals surface area contributed by atoms with E-state index < -0.39 is 9.84 Å². The van der Waals surface area contributed by atoms with Gasteiger partial charge in [-0.2, -0.15) is 0 Å². The lowest BCUT2D eigenvalue weighted by Crippen LogP contribution is -2.45. The molecule has 128 valence electrons. The highest BCUT2D eigenvalue weighted by molar-refractivity contribution is 7.91. The molecule has 0 aromatic carbocycles. The maximum atomic E-state index is 12.5. The Bertz CT molecular complexity index is 478. The van der Waals surface area contributed by atoms with Crippen molar-refractivity contribution in [2.75, 3.05) is 31.1 Å². The summed E-state index contributed by atoms with van der Waals surface area (Å²) in [6, 6.07) is 0.509. The van der Waals surface area contributed by atoms with E-state index in [4.69, 9.17) is 0 Å². The molecular formula is C16H30N2O3S. The van der Waals surface area contributed by atoms with Gasteiger partial charge in [-0.05, 0) is 38.6 Å². The number of amides is 1. The lowest BCUT2D eigenvalue weighted by atomic mass is 9.99. The minimum Gasteiger partial charge on any atom is -0.340 e. The highest BCUT2D eigenvalue weighted by Crippen LogP contribution is 2.21. The Morgan fingerprint density at radius 1 is 1.23 bits per heavy atom. The number of piperidine rings is 1. The SMILES string of the molecule is CCC1CCCCN1C(=O)CCN(CC)C1CCS(=O)(=O)C1. The van der Waals surface area contributed by atoms with E-state index >= 15 is 0 Å². The van der Waals surface area contributed by atoms with Crippen LogP contribution in [0.1, 0.15) is 52.4 Å². The zero-order valence-corrected chi connectivity index (χ0v) is 14.8. The van der Waals surface area contributed by atoms with Crippen LogP contribution in [0.15, 0.2) is 0 Å². The molecule has 5 nitrogen and oxygen atoms in total. The van der Waals surface area contributed by atoms with Gasteiger partial charge in [0, 0.05) is 31.6 Å². The minimum atomic E-state index is -2.86. The Morgan fingerprint density at radius 2 is 2.00 bits per heavy atom. The largest absolute Gasteiger partial charge is 0.340 e. The fourth-order valence-corrected chi connectivity index (χ4v) is 5.56. The summed E-state index contributed by atoms with van der Waals surface area (Å²) in [7, 11) is -2.86. The van der Waals surface area contributed by atoms with Gasteiger partial charge in [0.15, 0.2) is 9.84 Å². The number of carbonyl (C=O) groups excluding carboxylic acids is 1. The highest BCUT2D eigenvalue weighted by Gasteiger charge is 2.32. The number of nitrogens with zero attached hydrogens (tertiary/aromatic N) is 2. The first-order valence-corrected chi connectivity index (χ1v) is 10.5. The van der Waals surface area contributed by atoms with Crippen LogP contribution in [-0.2, 0) is 14.6 Å². The molecule has 2 atom stereocenters. The van der Waals surface area contributed by atoms with Crippen molar-refractivity contribution in [3.63, 3.8) is 0 Å². The zero-order chi connectivity index (χ0) is 16.2. The van der Waals surface area contributed by atoms with E-state index in [0.29, 0.717) is 31.2 Å². The van der Waals surface area contributed by atoms with Gasteiger partial charge >= 0.3 is 0 Å². The molecular weight excluding hydrogens is 300 g/mol. The summed E-state index contributed by atoms with van der Waals surface area (Å²) in [4.78, 5) is 16.7. The van der Waals surface area contributed by atoms with Crippen LogP contribution in [0.3, 0.4) is 0 Å². The summed E-state index contributed by atoms with van der Waals surface area (Å²) in [5.74, 6) is 0.800. The Labute approximate surface area is 135 Å². The average molecular weight is 330 g/mol. The first kappa shape index (κ1) is 17.7. The molecule has 0 N–H and O–H groups in total. The van der Waals surface area contributed by atoms with Crippen LogP contribution in [0.2, 0.25) is 0 Å². The van der Waals surface area contributed by atoms with Crippen LogP contribution in [0.25, 0.3) is 0 Å². The fraction of sp³-hybridized carbons (Fsp3) is 0.938. The third kappa shape index (κ3) is 4.44. The van der Waals surface area contributed by atoms with Gasteiger partial charge in [0.1, 0.15) is 0 Å². The van der Waals surface area contributed by atoms with Crippen LogP contribution >= 0.6 is 0 Å². The van der Waals surface area contributed by atoms with E-state index in [1.165, 1.54) is 6.42 Å². The van der Waals surface area contributed by atoms with Crippen molar-refractivity contribution in [1.29, 1.82) is 0 Å². The van der Waals surface area contributed by atoms with E-state index in [1.54, 1.807) is 0 Å². The lowest BCUT2D eigenvalue weighted by molar-refractivity contribution is -0.135. The number of hydrogen-bond acceptors (Lipinski definition) is 4. The van der Waals surface area contributed by atoms with E-state index in [2.05, 4.69) is 16.7 Å². The second kappa shape index (κ2) is 7.77. The quantitative estimate of drug-likeness (QED) is 0.743. The maximum Gasteiger partial charge on any atom is 0.224 e. The van der Waals surface area contributed by atoms with Crippen molar-refractivity contribution in [3.05, 3.63) is 0 Å². The molecule has 2 aliphatic rings. The summed E-state index contributed by atoms with van der Waals surface area (Å²) in [5, 5.41) is 0. The highest BCUT2D eigenvalue weighted by atomic mass is 32.2. The van der Waals surface area contributed by atoms with Crippen molar-refractivity contribution in [2.45, 2.75) is 64.5 Å². The topological polar surface area (TPSA) is 57.7 Å². The van der Waals surface area contributed by atoms with Gasteiger partial charge in [-0.1, -0.05) is 13.8 Å². The van der Waals surface area contributed by atoms with Crippen molar-refractivity contribution in [2.24, 2.45) is 0 Å². The Morgan fingerprint density at radius 3 is 2.59 bits per heavy atom. The summed E-state index contributed by atoms with van der Waals surface area (Å²) in [6.45, 7) is 6.58. The summed E-state index contributed by atoms with van der Waals surface area (Å²) in [6.07, 6.45) is 5.72. The number of carbonyl (C=O) groups is 1. The van der Waals surface area contributed by atoms with Gasteiger partial charge in [-0.3, -0.25) is 9.69 Å². The predicted molar refractivity (Wildman–Crippen MR) is 88.6 cm³/mol. The van der Waals surface area contributed by atoms with Crippen LogP contribution in [0.5, 0.6) is 0 Å². The molecule has 0 aromatic rings. The van der Waals surface area contributed by atoms with Gasteiger partial charge in [-0.25, -0.2) is 8.42 Å². The third-order valence-corrected chi connectivity index (χ3v) is 6.91. The predicted octanol–water partition coefficient (Wildman–Crippen LogP) is 1.68. The molecule has 2 heterocycles. The molecule has 2 fully saturated rings. The van der Waals surface area contributed by atoms with Gasteiger partial charge in [0.05, 0.1) is 11.5 Å². The normalized spacial score (nSPS) is 28.2. The molecule has 6 heteroatoms. The smallest absolute Gasteiger partial charge is 0.224 e. The van der Waals surface area contributed by atoms with Gasteiger partial charge < -0.3 is 4.90 Å². The second-order valence-electron chi connectivity index (χ2n) is 6.58. The molecule has 0 radical (unpaired) electrons. The summed E-state index contributed by atoms with van der Waals surface area (Å²) in [5.41, 5.74) is 0. The fourth-order valence-electron chi connectivity index (χ4n) is 3.80. The monoisotopic (exact) mass is 330 g/mol. The molecule has 2 rings (SSSR count). The van der Waals surface area contributed by atoms with E-state index in [0.717, 1.165) is 32.4 Å². The molecule has 0 aromatic heterocycles. The molecule has 1 amide bonds. The standard InChI is InChI=1S/C16H30N2O3S/c1-3-14-7-5-6-10-18(14)16(19)8-11-17(4-2)15-9-12-22(20,21)13-15/h14-15H,3-13H2,1-2H3. The Kier molecular flexibility index (Phi) is 6.26. The van der Waals surface area contributed by atoms with Crippen molar-refractivity contribution >= 4 is 15.7 Å². The second-order valence-corrected chi connectivity index (χ2v) is 8.81. The molecule has 2 aliphatic heterocycles. The summed E-state index contributed by atoms with van der Waals surface area (Å²) < 4.78 is 23.3. The van der Waals surface area contributed by atoms with E-state index in [9.17, 15) is 13.2 Å². The first-order valence-electron chi connectivity index (χ1n) is 8.70. The maximum absolute atomic E-state index is 12.5. The van der Waals surface area contributed by atoms with Gasteiger partial charge in [0.2, 0.25) is 5.91 Å². The van der Waals surface area contributed by atoms with Crippen molar-refractivity contribution in [3.8, 4) is 0 Å². The Hall–Kier alpha value is -0.620. The molecule has 22 heavy (non-hydrogen) atoms. The van der Waals surface area contributed by atoms with E-state index in [1.807, 2.05) is 6.92 Å². The number of rotatable bonds is 6. The van der Waals surface area contributed by atoms with Crippen LogP contribution in [0, 0.1) is 0 Å². The molecule has 0 saturated carbocycles. The molecule has 0 spiro atoms. The van der Waals surface area contributed by atoms with Crippen LogP contribution < -0.4 is 0 Å². The number of likely N-dealkylation sites (tertiary alicyclic amines) is 1. The molecule has 0 aliphatic carbocycles.